The smallest absolute Gasteiger partial charge is 0.138 e. The van der Waals surface area contributed by atoms with E-state index in [1.165, 1.54) is 17.8 Å². The first-order chi connectivity index (χ1) is 5.90. The predicted octanol–water partition coefficient (Wildman–Crippen LogP) is 3.30. The Kier molecular flexibility index (Phi) is 2.86. The number of halogens is 1. The van der Waals surface area contributed by atoms with Crippen molar-refractivity contribution in [3.05, 3.63) is 24.0 Å². The van der Waals surface area contributed by atoms with Gasteiger partial charge < -0.3 is 5.73 Å². The van der Waals surface area contributed by atoms with Crippen molar-refractivity contribution in [3.63, 3.8) is 0 Å². The summed E-state index contributed by atoms with van der Waals surface area (Å²) in [5.74, 6) is -0.236. The molecule has 0 aliphatic rings. The molecule has 0 atom stereocenters. The summed E-state index contributed by atoms with van der Waals surface area (Å²) in [6.07, 6.45) is 0. The van der Waals surface area contributed by atoms with Crippen LogP contribution >= 0.6 is 11.8 Å². The van der Waals surface area contributed by atoms with E-state index in [0.29, 0.717) is 10.6 Å². The maximum Gasteiger partial charge on any atom is 0.138 e. The Morgan fingerprint density at radius 3 is 2.38 bits per heavy atom. The zero-order valence-electron chi connectivity index (χ0n) is 8.10. The van der Waals surface area contributed by atoms with E-state index in [2.05, 4.69) is 0 Å². The fraction of sp³-hybridized carbons (Fsp3) is 0.400. The van der Waals surface area contributed by atoms with Gasteiger partial charge in [-0.2, -0.15) is 0 Å². The van der Waals surface area contributed by atoms with Crippen molar-refractivity contribution in [1.82, 2.24) is 0 Å². The molecule has 0 saturated heterocycles. The largest absolute Gasteiger partial charge is 0.398 e. The molecule has 0 spiro atoms. The first kappa shape index (κ1) is 10.4. The van der Waals surface area contributed by atoms with Crippen molar-refractivity contribution < 1.29 is 4.39 Å². The fourth-order valence-electron chi connectivity index (χ4n) is 0.939. The van der Waals surface area contributed by atoms with Gasteiger partial charge in [-0.3, -0.25) is 0 Å². The molecule has 1 rings (SSSR count). The van der Waals surface area contributed by atoms with Crippen LogP contribution in [0.15, 0.2) is 23.1 Å². The van der Waals surface area contributed by atoms with Crippen LogP contribution in [0, 0.1) is 5.82 Å². The van der Waals surface area contributed by atoms with Crippen LogP contribution in [0.4, 0.5) is 10.1 Å². The van der Waals surface area contributed by atoms with Crippen LogP contribution < -0.4 is 5.73 Å². The van der Waals surface area contributed by atoms with Gasteiger partial charge in [0.15, 0.2) is 0 Å². The van der Waals surface area contributed by atoms with Crippen LogP contribution in [0.1, 0.15) is 20.8 Å². The van der Waals surface area contributed by atoms with Crippen LogP contribution in [-0.4, -0.2) is 4.75 Å². The van der Waals surface area contributed by atoms with Gasteiger partial charge >= 0.3 is 0 Å². The summed E-state index contributed by atoms with van der Waals surface area (Å²) in [6.45, 7) is 6.09. The molecular weight excluding hydrogens is 185 g/mol. The van der Waals surface area contributed by atoms with Crippen molar-refractivity contribution in [2.45, 2.75) is 30.4 Å². The maximum absolute atomic E-state index is 13.3. The molecule has 1 nitrogen and oxygen atoms in total. The number of hydrogen-bond donors (Lipinski definition) is 1. The lowest BCUT2D eigenvalue weighted by atomic mass is 10.3. The minimum absolute atomic E-state index is 0.0175. The number of benzene rings is 1. The van der Waals surface area contributed by atoms with E-state index < -0.39 is 0 Å². The third kappa shape index (κ3) is 2.92. The monoisotopic (exact) mass is 199 g/mol. The molecule has 2 N–H and O–H groups in total. The standard InChI is InChI=1S/C10H14FNS/c1-10(2,3)13-9-7(11)5-4-6-8(9)12/h4-6H,12H2,1-3H3. The molecule has 0 aliphatic heterocycles. The number of hydrogen-bond acceptors (Lipinski definition) is 2. The van der Waals surface area contributed by atoms with E-state index in [0.717, 1.165) is 0 Å². The quantitative estimate of drug-likeness (QED) is 0.554. The lowest BCUT2D eigenvalue weighted by Crippen LogP contribution is -2.08. The van der Waals surface area contributed by atoms with Gasteiger partial charge in [-0.25, -0.2) is 4.39 Å². The van der Waals surface area contributed by atoms with Crippen LogP contribution in [0.2, 0.25) is 0 Å². The molecule has 3 heteroatoms. The molecule has 0 fully saturated rings. The van der Waals surface area contributed by atoms with Crippen molar-refractivity contribution in [2.75, 3.05) is 5.73 Å². The molecule has 1 aromatic rings. The summed E-state index contributed by atoms with van der Waals surface area (Å²) in [5.41, 5.74) is 6.18. The lowest BCUT2D eigenvalue weighted by molar-refractivity contribution is 0.602. The summed E-state index contributed by atoms with van der Waals surface area (Å²) >= 11 is 1.45. The molecule has 0 amide bonds. The van der Waals surface area contributed by atoms with Crippen molar-refractivity contribution >= 4 is 17.4 Å². The van der Waals surface area contributed by atoms with Crippen LogP contribution in [0.5, 0.6) is 0 Å². The average molecular weight is 199 g/mol. The average Bonchev–Trinajstić information content (AvgIpc) is 1.95. The van der Waals surface area contributed by atoms with Crippen molar-refractivity contribution in [1.29, 1.82) is 0 Å². The summed E-state index contributed by atoms with van der Waals surface area (Å²) in [7, 11) is 0. The highest BCUT2D eigenvalue weighted by Gasteiger charge is 2.16. The van der Waals surface area contributed by atoms with E-state index in [1.807, 2.05) is 20.8 Å². The lowest BCUT2D eigenvalue weighted by Gasteiger charge is -2.18. The van der Waals surface area contributed by atoms with Crippen molar-refractivity contribution in [2.24, 2.45) is 0 Å². The van der Waals surface area contributed by atoms with E-state index in [1.54, 1.807) is 12.1 Å². The topological polar surface area (TPSA) is 26.0 Å². The van der Waals surface area contributed by atoms with Crippen LogP contribution in [0.25, 0.3) is 0 Å². The highest BCUT2D eigenvalue weighted by Crippen LogP contribution is 2.36. The molecule has 1 aromatic carbocycles. The third-order valence-corrected chi connectivity index (χ3v) is 2.65. The highest BCUT2D eigenvalue weighted by atomic mass is 32.2. The number of nitrogens with two attached hydrogens (primary N) is 1. The van der Waals surface area contributed by atoms with E-state index in [9.17, 15) is 4.39 Å². The molecule has 0 radical (unpaired) electrons. The molecule has 0 heterocycles. The number of rotatable bonds is 1. The Balaban J connectivity index is 3.00. The SMILES string of the molecule is CC(C)(C)Sc1c(N)cccc1F. The molecule has 72 valence electrons. The molecule has 0 bridgehead atoms. The molecule has 0 unspecified atom stereocenters. The Hall–Kier alpha value is -0.700. The van der Waals surface area contributed by atoms with Gasteiger partial charge in [-0.05, 0) is 12.1 Å². The highest BCUT2D eigenvalue weighted by molar-refractivity contribution is 8.00. The molecule has 0 aromatic heterocycles. The second-order valence-electron chi connectivity index (χ2n) is 3.87. The Bertz CT molecular complexity index is 284. The first-order valence-corrected chi connectivity index (χ1v) is 4.95. The Morgan fingerprint density at radius 1 is 1.31 bits per heavy atom. The summed E-state index contributed by atoms with van der Waals surface area (Å²) in [6, 6.07) is 4.78. The van der Waals surface area contributed by atoms with E-state index >= 15 is 0 Å². The molecular formula is C10H14FNS. The van der Waals surface area contributed by atoms with E-state index in [4.69, 9.17) is 5.73 Å². The summed E-state index contributed by atoms with van der Waals surface area (Å²) < 4.78 is 13.3. The van der Waals surface area contributed by atoms with Gasteiger partial charge in [0.2, 0.25) is 0 Å². The van der Waals surface area contributed by atoms with Gasteiger partial charge in [-0.1, -0.05) is 26.8 Å². The minimum atomic E-state index is -0.236. The second-order valence-corrected chi connectivity index (χ2v) is 5.71. The van der Waals surface area contributed by atoms with E-state index in [-0.39, 0.29) is 10.6 Å². The summed E-state index contributed by atoms with van der Waals surface area (Å²) in [5, 5.41) is 0. The minimum Gasteiger partial charge on any atom is -0.398 e. The maximum atomic E-state index is 13.3. The number of thioether (sulfide) groups is 1. The third-order valence-electron chi connectivity index (χ3n) is 1.41. The normalized spacial score (nSPS) is 11.7. The van der Waals surface area contributed by atoms with Gasteiger partial charge in [0.25, 0.3) is 0 Å². The molecule has 0 aliphatic carbocycles. The molecule has 13 heavy (non-hydrogen) atoms. The van der Waals surface area contributed by atoms with Crippen LogP contribution in [0.3, 0.4) is 0 Å². The van der Waals surface area contributed by atoms with Gasteiger partial charge in [0.05, 0.1) is 4.90 Å². The Morgan fingerprint density at radius 2 is 1.92 bits per heavy atom. The second kappa shape index (κ2) is 3.58. The van der Waals surface area contributed by atoms with Gasteiger partial charge in [0, 0.05) is 10.4 Å². The van der Waals surface area contributed by atoms with Gasteiger partial charge in [0.1, 0.15) is 5.82 Å². The van der Waals surface area contributed by atoms with Crippen molar-refractivity contribution in [3.8, 4) is 0 Å². The number of nitrogen functional groups attached to an aromatic ring is 1. The van der Waals surface area contributed by atoms with Gasteiger partial charge in [-0.15, -0.1) is 11.8 Å². The van der Waals surface area contributed by atoms with Crippen LogP contribution in [-0.2, 0) is 0 Å². The zero-order valence-corrected chi connectivity index (χ0v) is 8.91. The fourth-order valence-corrected chi connectivity index (χ4v) is 1.90. The molecule has 0 saturated carbocycles. The first-order valence-electron chi connectivity index (χ1n) is 4.13. The number of anilines is 1. The predicted molar refractivity (Wildman–Crippen MR) is 56.4 cm³/mol. The Labute approximate surface area is 82.5 Å². The zero-order chi connectivity index (χ0) is 10.1. The summed E-state index contributed by atoms with van der Waals surface area (Å²) in [4.78, 5) is 0.551.